The number of halogens is 1. The van der Waals surface area contributed by atoms with Crippen molar-refractivity contribution in [2.45, 2.75) is 6.92 Å². The molecule has 18 heavy (non-hydrogen) atoms. The van der Waals surface area contributed by atoms with Crippen LogP contribution in [0, 0.1) is 11.7 Å². The van der Waals surface area contributed by atoms with E-state index in [0.29, 0.717) is 4.77 Å². The van der Waals surface area contributed by atoms with Crippen LogP contribution in [0.1, 0.15) is 5.69 Å². The van der Waals surface area contributed by atoms with E-state index in [1.165, 1.54) is 0 Å². The number of hydrogen-bond donors (Lipinski definition) is 1. The Labute approximate surface area is 118 Å². The van der Waals surface area contributed by atoms with Gasteiger partial charge in [0.05, 0.1) is 11.2 Å². The lowest BCUT2D eigenvalue weighted by Gasteiger charge is -2.04. The maximum atomic E-state index is 5.37. The minimum atomic E-state index is 0.654. The normalized spacial score (nSPS) is 11.0. The van der Waals surface area contributed by atoms with E-state index in [1.54, 1.807) is 0 Å². The quantitative estimate of drug-likeness (QED) is 0.683. The third-order valence-corrected chi connectivity index (χ3v) is 3.52. The summed E-state index contributed by atoms with van der Waals surface area (Å²) in [6.45, 7) is 1.97. The summed E-state index contributed by atoms with van der Waals surface area (Å²) >= 11 is 8.85. The molecule has 0 amide bonds. The van der Waals surface area contributed by atoms with Gasteiger partial charge in [-0.05, 0) is 49.5 Å². The molecule has 0 spiro atoms. The number of imidazole rings is 1. The molecule has 3 nitrogen and oxygen atoms in total. The molecule has 0 saturated carbocycles. The summed E-state index contributed by atoms with van der Waals surface area (Å²) in [6, 6.07) is 12.0. The third-order valence-electron chi connectivity index (χ3n) is 2.74. The Morgan fingerprint density at radius 1 is 1.28 bits per heavy atom. The van der Waals surface area contributed by atoms with Crippen molar-refractivity contribution in [3.05, 3.63) is 51.3 Å². The zero-order valence-corrected chi connectivity index (χ0v) is 12.0. The molecule has 0 saturated heterocycles. The van der Waals surface area contributed by atoms with Crippen molar-refractivity contribution in [2.24, 2.45) is 0 Å². The highest BCUT2D eigenvalue weighted by atomic mass is 79.9. The van der Waals surface area contributed by atoms with E-state index in [2.05, 4.69) is 25.9 Å². The van der Waals surface area contributed by atoms with Gasteiger partial charge in [-0.3, -0.25) is 4.57 Å². The topological polar surface area (TPSA) is 33.6 Å². The molecule has 0 aliphatic heterocycles. The minimum absolute atomic E-state index is 0.654. The van der Waals surface area contributed by atoms with Crippen LogP contribution in [0.3, 0.4) is 0 Å². The smallest absolute Gasteiger partial charge is 0.183 e. The molecule has 3 aromatic rings. The number of aromatic amines is 1. The van der Waals surface area contributed by atoms with E-state index in [9.17, 15) is 0 Å². The van der Waals surface area contributed by atoms with Gasteiger partial charge in [0.25, 0.3) is 0 Å². The largest absolute Gasteiger partial charge is 0.329 e. The average molecular weight is 320 g/mol. The summed E-state index contributed by atoms with van der Waals surface area (Å²) in [7, 11) is 0. The van der Waals surface area contributed by atoms with E-state index in [-0.39, 0.29) is 0 Å². The van der Waals surface area contributed by atoms with Gasteiger partial charge in [-0.25, -0.2) is 4.98 Å². The lowest BCUT2D eigenvalue weighted by molar-refractivity contribution is 1.03. The molecule has 0 fully saturated rings. The molecule has 5 heteroatoms. The molecule has 1 N–H and O–H groups in total. The SMILES string of the molecule is Cc1ccc2[nH]c(=S)n(-c3cccc(Br)c3)c2n1. The van der Waals surface area contributed by atoms with Gasteiger partial charge in [-0.15, -0.1) is 0 Å². The number of aromatic nitrogens is 3. The molecule has 2 heterocycles. The van der Waals surface area contributed by atoms with E-state index in [1.807, 2.05) is 47.9 Å². The van der Waals surface area contributed by atoms with E-state index in [0.717, 1.165) is 27.0 Å². The van der Waals surface area contributed by atoms with Gasteiger partial charge in [0.1, 0.15) is 0 Å². The fraction of sp³-hybridized carbons (Fsp3) is 0.0769. The maximum absolute atomic E-state index is 5.37. The first kappa shape index (κ1) is 11.6. The molecule has 0 aliphatic carbocycles. The van der Waals surface area contributed by atoms with Crippen molar-refractivity contribution in [2.75, 3.05) is 0 Å². The van der Waals surface area contributed by atoms with E-state index >= 15 is 0 Å². The van der Waals surface area contributed by atoms with Crippen molar-refractivity contribution in [1.29, 1.82) is 0 Å². The van der Waals surface area contributed by atoms with Gasteiger partial charge in [-0.1, -0.05) is 22.0 Å². The molecule has 3 rings (SSSR count). The van der Waals surface area contributed by atoms with Crippen molar-refractivity contribution >= 4 is 39.3 Å². The van der Waals surface area contributed by atoms with Crippen molar-refractivity contribution in [3.8, 4) is 5.69 Å². The summed E-state index contributed by atoms with van der Waals surface area (Å²) in [5, 5.41) is 0. The molecule has 0 atom stereocenters. The molecular formula is C13H10BrN3S. The second-order valence-electron chi connectivity index (χ2n) is 4.07. The summed E-state index contributed by atoms with van der Waals surface area (Å²) in [4.78, 5) is 7.72. The number of fused-ring (bicyclic) bond motifs is 1. The van der Waals surface area contributed by atoms with Crippen molar-refractivity contribution < 1.29 is 0 Å². The number of nitrogens with zero attached hydrogens (tertiary/aromatic N) is 2. The highest BCUT2D eigenvalue weighted by Gasteiger charge is 2.08. The predicted octanol–water partition coefficient (Wildman–Crippen LogP) is 4.15. The van der Waals surface area contributed by atoms with Crippen LogP contribution in [0.5, 0.6) is 0 Å². The number of hydrogen-bond acceptors (Lipinski definition) is 2. The number of pyridine rings is 1. The van der Waals surface area contributed by atoms with E-state index < -0.39 is 0 Å². The summed E-state index contributed by atoms with van der Waals surface area (Å²) < 4.78 is 3.62. The van der Waals surface area contributed by atoms with Gasteiger partial charge in [0, 0.05) is 10.2 Å². The van der Waals surface area contributed by atoms with Crippen molar-refractivity contribution in [1.82, 2.24) is 14.5 Å². The van der Waals surface area contributed by atoms with Gasteiger partial charge in [0.2, 0.25) is 0 Å². The number of nitrogens with one attached hydrogen (secondary N) is 1. The lowest BCUT2D eigenvalue weighted by Crippen LogP contribution is -1.96. The Bertz CT molecular complexity index is 788. The van der Waals surface area contributed by atoms with Crippen LogP contribution in [0.25, 0.3) is 16.9 Å². The summed E-state index contributed by atoms with van der Waals surface area (Å²) in [5.41, 5.74) is 3.78. The zero-order chi connectivity index (χ0) is 12.7. The Kier molecular flexibility index (Phi) is 2.80. The Morgan fingerprint density at radius 3 is 2.89 bits per heavy atom. The van der Waals surface area contributed by atoms with Crippen LogP contribution in [-0.2, 0) is 0 Å². The molecule has 0 radical (unpaired) electrons. The van der Waals surface area contributed by atoms with Crippen LogP contribution in [0.4, 0.5) is 0 Å². The number of benzene rings is 1. The lowest BCUT2D eigenvalue weighted by atomic mass is 10.3. The molecular weight excluding hydrogens is 310 g/mol. The van der Waals surface area contributed by atoms with Crippen LogP contribution < -0.4 is 0 Å². The number of aryl methyl sites for hydroxylation is 1. The second kappa shape index (κ2) is 4.33. The van der Waals surface area contributed by atoms with Gasteiger partial charge >= 0.3 is 0 Å². The van der Waals surface area contributed by atoms with E-state index in [4.69, 9.17) is 12.2 Å². The summed E-state index contributed by atoms with van der Waals surface area (Å²) in [5.74, 6) is 0. The van der Waals surface area contributed by atoms with Gasteiger partial charge < -0.3 is 4.98 Å². The van der Waals surface area contributed by atoms with Crippen molar-refractivity contribution in [3.63, 3.8) is 0 Å². The highest BCUT2D eigenvalue weighted by molar-refractivity contribution is 9.10. The fourth-order valence-corrected chi connectivity index (χ4v) is 2.62. The number of rotatable bonds is 1. The molecule has 90 valence electrons. The Balaban J connectivity index is 2.38. The molecule has 2 aromatic heterocycles. The standard InChI is InChI=1S/C13H10BrN3S/c1-8-5-6-11-12(15-8)17(13(18)16-11)10-4-2-3-9(14)7-10/h2-7H,1H3,(H,16,18). The van der Waals surface area contributed by atoms with Crippen LogP contribution in [0.2, 0.25) is 0 Å². The van der Waals surface area contributed by atoms with Crippen LogP contribution in [-0.4, -0.2) is 14.5 Å². The maximum Gasteiger partial charge on any atom is 0.183 e. The first-order valence-electron chi connectivity index (χ1n) is 5.49. The van der Waals surface area contributed by atoms with Crippen LogP contribution in [0.15, 0.2) is 40.9 Å². The monoisotopic (exact) mass is 319 g/mol. The van der Waals surface area contributed by atoms with Gasteiger partial charge in [0.15, 0.2) is 10.4 Å². The molecule has 0 unspecified atom stereocenters. The zero-order valence-electron chi connectivity index (χ0n) is 9.64. The molecule has 0 aliphatic rings. The first-order chi connectivity index (χ1) is 8.65. The van der Waals surface area contributed by atoms with Crippen LogP contribution >= 0.6 is 28.1 Å². The highest BCUT2D eigenvalue weighted by Crippen LogP contribution is 2.21. The molecule has 0 bridgehead atoms. The Morgan fingerprint density at radius 2 is 2.11 bits per heavy atom. The van der Waals surface area contributed by atoms with Gasteiger partial charge in [-0.2, -0.15) is 0 Å². The average Bonchev–Trinajstić information content (AvgIpc) is 2.64. The third kappa shape index (κ3) is 1.89. The Hall–Kier alpha value is -1.46. The second-order valence-corrected chi connectivity index (χ2v) is 5.37. The number of H-pyrrole nitrogens is 1. The predicted molar refractivity (Wildman–Crippen MR) is 78.7 cm³/mol. The first-order valence-corrected chi connectivity index (χ1v) is 6.69. The fourth-order valence-electron chi connectivity index (χ4n) is 1.93. The minimum Gasteiger partial charge on any atom is -0.329 e. The summed E-state index contributed by atoms with van der Waals surface area (Å²) in [6.07, 6.45) is 0. The molecule has 1 aromatic carbocycles.